The van der Waals surface area contributed by atoms with Crippen molar-refractivity contribution in [2.24, 2.45) is 23.2 Å². The summed E-state index contributed by atoms with van der Waals surface area (Å²) in [6.07, 6.45) is 2.94. The van der Waals surface area contributed by atoms with Crippen molar-refractivity contribution >= 4 is 5.97 Å². The summed E-state index contributed by atoms with van der Waals surface area (Å²) in [6.45, 7) is 6.95. The fourth-order valence-corrected chi connectivity index (χ4v) is 7.73. The number of hydrogen-bond acceptors (Lipinski definition) is 6. The van der Waals surface area contributed by atoms with Crippen LogP contribution >= 0.6 is 0 Å². The van der Waals surface area contributed by atoms with Gasteiger partial charge in [0.05, 0.1) is 12.7 Å². The molecule has 6 fully saturated rings. The molecule has 0 aromatic heterocycles. The molecule has 2 saturated carbocycles. The third-order valence-electron chi connectivity index (χ3n) is 9.12. The van der Waals surface area contributed by atoms with Crippen LogP contribution in [0.4, 0.5) is 0 Å². The lowest BCUT2D eigenvalue weighted by Crippen LogP contribution is -2.69. The first-order chi connectivity index (χ1) is 12.3. The number of aliphatic hydroxyl groups excluding tert-OH is 1. The number of esters is 1. The van der Waals surface area contributed by atoms with Gasteiger partial charge in [0.1, 0.15) is 29.5 Å². The molecule has 6 heteroatoms. The Bertz CT molecular complexity index is 806. The molecule has 26 heavy (non-hydrogen) atoms. The van der Waals surface area contributed by atoms with Crippen LogP contribution in [0.2, 0.25) is 0 Å². The summed E-state index contributed by atoms with van der Waals surface area (Å²) in [5.41, 5.74) is -1.01. The Morgan fingerprint density at radius 1 is 1.23 bits per heavy atom. The molecule has 6 nitrogen and oxygen atoms in total. The van der Waals surface area contributed by atoms with Crippen LogP contribution in [0.3, 0.4) is 0 Å². The smallest absolute Gasteiger partial charge is 0.334 e. The van der Waals surface area contributed by atoms with Gasteiger partial charge < -0.3 is 24.1 Å². The molecule has 140 valence electrons. The lowest BCUT2D eigenvalue weighted by molar-refractivity contribution is -0.135. The Balaban J connectivity index is 1.38. The lowest BCUT2D eigenvalue weighted by atomic mass is 9.46. The van der Waals surface area contributed by atoms with Gasteiger partial charge in [0.2, 0.25) is 0 Å². The van der Waals surface area contributed by atoms with Gasteiger partial charge in [0.15, 0.2) is 5.60 Å². The summed E-state index contributed by atoms with van der Waals surface area (Å²) < 4.78 is 24.3. The number of rotatable bonds is 1. The Hall–Kier alpha value is -0.950. The number of fused-ring (bicyclic) bond motifs is 5. The maximum Gasteiger partial charge on any atom is 0.334 e. The van der Waals surface area contributed by atoms with E-state index in [2.05, 4.69) is 26.8 Å². The molecule has 10 atom stereocenters. The number of hydrogen-bond donors (Lipinski definition) is 1. The molecule has 0 bridgehead atoms. The van der Waals surface area contributed by atoms with Gasteiger partial charge in [-0.05, 0) is 24.7 Å². The summed E-state index contributed by atoms with van der Waals surface area (Å²) in [7, 11) is 0. The van der Waals surface area contributed by atoms with Crippen molar-refractivity contribution in [1.82, 2.24) is 0 Å². The fourth-order valence-electron chi connectivity index (χ4n) is 7.73. The molecule has 7 aliphatic rings. The van der Waals surface area contributed by atoms with Crippen molar-refractivity contribution in [2.45, 2.75) is 74.8 Å². The predicted octanol–water partition coefficient (Wildman–Crippen LogP) is 0.959. The van der Waals surface area contributed by atoms with Gasteiger partial charge in [-0.15, -0.1) is 0 Å². The van der Waals surface area contributed by atoms with Gasteiger partial charge in [-0.1, -0.05) is 26.8 Å². The molecule has 0 amide bonds. The second kappa shape index (κ2) is 3.79. The third kappa shape index (κ3) is 1.14. The average Bonchev–Trinajstić information content (AvgIpc) is 3.47. The van der Waals surface area contributed by atoms with Gasteiger partial charge in [0, 0.05) is 16.9 Å². The largest absolute Gasteiger partial charge is 0.462 e. The van der Waals surface area contributed by atoms with Crippen LogP contribution in [0.1, 0.15) is 33.6 Å². The number of allylic oxidation sites excluding steroid dienone is 1. The molecular weight excluding hydrogens is 336 g/mol. The minimum Gasteiger partial charge on any atom is -0.462 e. The van der Waals surface area contributed by atoms with E-state index in [1.165, 1.54) is 0 Å². The number of carbonyl (C=O) groups is 1. The normalized spacial score (nSPS) is 65.6. The van der Waals surface area contributed by atoms with E-state index in [-0.39, 0.29) is 47.4 Å². The van der Waals surface area contributed by atoms with Crippen LogP contribution in [0.15, 0.2) is 11.6 Å². The Kier molecular flexibility index (Phi) is 2.19. The topological polar surface area (TPSA) is 84.1 Å². The molecule has 3 aliphatic carbocycles. The third-order valence-corrected chi connectivity index (χ3v) is 9.12. The van der Waals surface area contributed by atoms with E-state index in [0.29, 0.717) is 6.61 Å². The maximum absolute atomic E-state index is 12.1. The zero-order valence-corrected chi connectivity index (χ0v) is 15.2. The highest BCUT2D eigenvalue weighted by Crippen LogP contribution is 2.82. The standard InChI is InChI=1S/C20H24O6/c1-8(2)18-13(25-18)14-20(26-14)17(3)5-4-9-10(7-23-15(9)21)11(17)6-12-19(20,24-12)16(18)22/h4,8,10-14,16,22H,5-7H2,1-3H3/t10?,11-,12-,13-,14-,16+,17-,18-,19+,20+/m1/s1. The van der Waals surface area contributed by atoms with Gasteiger partial charge in [-0.3, -0.25) is 0 Å². The van der Waals surface area contributed by atoms with Crippen LogP contribution < -0.4 is 0 Å². The number of carbonyl (C=O) groups excluding carboxylic acids is 1. The Morgan fingerprint density at radius 3 is 2.81 bits per heavy atom. The van der Waals surface area contributed by atoms with Gasteiger partial charge >= 0.3 is 5.97 Å². The number of aliphatic hydroxyl groups is 1. The minimum absolute atomic E-state index is 0.0147. The van der Waals surface area contributed by atoms with E-state index >= 15 is 0 Å². The van der Waals surface area contributed by atoms with Crippen LogP contribution in [0.5, 0.6) is 0 Å². The Morgan fingerprint density at radius 2 is 2.04 bits per heavy atom. The van der Waals surface area contributed by atoms with E-state index in [4.69, 9.17) is 18.9 Å². The van der Waals surface area contributed by atoms with Crippen molar-refractivity contribution in [2.75, 3.05) is 6.61 Å². The predicted molar refractivity (Wildman–Crippen MR) is 87.0 cm³/mol. The first-order valence-corrected chi connectivity index (χ1v) is 9.93. The molecule has 4 saturated heterocycles. The number of ether oxygens (including phenoxy) is 4. The summed E-state index contributed by atoms with van der Waals surface area (Å²) >= 11 is 0. The van der Waals surface area contributed by atoms with E-state index < -0.39 is 22.9 Å². The van der Waals surface area contributed by atoms with Gasteiger partial charge in [-0.25, -0.2) is 4.79 Å². The summed E-state index contributed by atoms with van der Waals surface area (Å²) in [4.78, 5) is 12.1. The SMILES string of the molecule is CC(C)[C@@]12O[C@@H]1[C@H]1O[C@@]13[C@@]1(O[C@@H]1C[C@@H]1C4COC(=O)C4=CC[C@]13C)[C@H]2O. The molecule has 4 heterocycles. The second-order valence-corrected chi connectivity index (χ2v) is 9.95. The minimum atomic E-state index is -0.659. The number of cyclic esters (lactones) is 1. The monoisotopic (exact) mass is 360 g/mol. The summed E-state index contributed by atoms with van der Waals surface area (Å²) in [5.74, 6) is 0.450. The van der Waals surface area contributed by atoms with Crippen LogP contribution in [-0.2, 0) is 23.7 Å². The molecule has 4 aliphatic heterocycles. The highest BCUT2D eigenvalue weighted by molar-refractivity contribution is 5.91. The quantitative estimate of drug-likeness (QED) is 0.554. The summed E-state index contributed by atoms with van der Waals surface area (Å²) in [5, 5.41) is 11.4. The molecule has 7 rings (SSSR count). The second-order valence-electron chi connectivity index (χ2n) is 9.95. The molecule has 0 aromatic rings. The maximum atomic E-state index is 12.1. The highest BCUT2D eigenvalue weighted by Gasteiger charge is 3.00. The molecule has 2 spiro atoms. The summed E-state index contributed by atoms with van der Waals surface area (Å²) in [6, 6.07) is 0. The zero-order valence-electron chi connectivity index (χ0n) is 15.2. The van der Waals surface area contributed by atoms with Crippen molar-refractivity contribution < 1.29 is 28.8 Å². The average molecular weight is 360 g/mol. The van der Waals surface area contributed by atoms with Crippen LogP contribution in [-0.4, -0.2) is 58.9 Å². The van der Waals surface area contributed by atoms with E-state index in [1.54, 1.807) is 0 Å². The van der Waals surface area contributed by atoms with E-state index in [9.17, 15) is 9.90 Å². The molecule has 1 N–H and O–H groups in total. The van der Waals surface area contributed by atoms with Crippen molar-refractivity contribution in [3.8, 4) is 0 Å². The molecule has 1 unspecified atom stereocenters. The Labute approximate surface area is 151 Å². The van der Waals surface area contributed by atoms with Gasteiger partial charge in [-0.2, -0.15) is 0 Å². The van der Waals surface area contributed by atoms with Gasteiger partial charge in [0.25, 0.3) is 0 Å². The lowest BCUT2D eigenvalue weighted by Gasteiger charge is -2.54. The number of epoxide rings is 3. The molecular formula is C20H24O6. The van der Waals surface area contributed by atoms with Crippen molar-refractivity contribution in [1.29, 1.82) is 0 Å². The molecule has 0 aromatic carbocycles. The zero-order chi connectivity index (χ0) is 17.9. The van der Waals surface area contributed by atoms with E-state index in [1.807, 2.05) is 0 Å². The first kappa shape index (κ1) is 15.0. The van der Waals surface area contributed by atoms with Crippen molar-refractivity contribution in [3.63, 3.8) is 0 Å². The van der Waals surface area contributed by atoms with Crippen LogP contribution in [0.25, 0.3) is 0 Å². The van der Waals surface area contributed by atoms with Crippen molar-refractivity contribution in [3.05, 3.63) is 11.6 Å². The van der Waals surface area contributed by atoms with E-state index in [0.717, 1.165) is 18.4 Å². The molecule has 0 radical (unpaired) electrons. The van der Waals surface area contributed by atoms with Crippen LogP contribution in [0, 0.1) is 23.2 Å². The highest BCUT2D eigenvalue weighted by atomic mass is 16.7. The fraction of sp³-hybridized carbons (Fsp3) is 0.850. The first-order valence-electron chi connectivity index (χ1n) is 9.93.